The van der Waals surface area contributed by atoms with Crippen LogP contribution in [0.15, 0.2) is 35.3 Å². The van der Waals surface area contributed by atoms with E-state index in [1.165, 1.54) is 29.7 Å². The van der Waals surface area contributed by atoms with Crippen molar-refractivity contribution in [2.75, 3.05) is 19.7 Å². The van der Waals surface area contributed by atoms with Gasteiger partial charge in [-0.2, -0.15) is 13.2 Å². The van der Waals surface area contributed by atoms with Crippen molar-refractivity contribution in [3.8, 4) is 11.1 Å². The van der Waals surface area contributed by atoms with Crippen molar-refractivity contribution in [2.45, 2.75) is 63.6 Å². The molecule has 0 N–H and O–H groups in total. The van der Waals surface area contributed by atoms with Crippen LogP contribution in [0.5, 0.6) is 0 Å². The average Bonchev–Trinajstić information content (AvgIpc) is 3.62. The topological polar surface area (TPSA) is 107 Å². The number of hydrogen-bond acceptors (Lipinski definition) is 7. The molecule has 2 atom stereocenters. The zero-order chi connectivity index (χ0) is 30.8. The summed E-state index contributed by atoms with van der Waals surface area (Å²) in [6.07, 6.45) is -2.15. The number of furan rings is 1. The van der Waals surface area contributed by atoms with Crippen molar-refractivity contribution in [3.05, 3.63) is 47.3 Å². The molecule has 42 heavy (non-hydrogen) atoms. The molecule has 0 radical (unpaired) electrons. The number of halogens is 4. The summed E-state index contributed by atoms with van der Waals surface area (Å²) in [5, 5.41) is -0.515. The second kappa shape index (κ2) is 10.4. The van der Waals surface area contributed by atoms with Crippen molar-refractivity contribution in [2.24, 2.45) is 0 Å². The minimum Gasteiger partial charge on any atom is -0.472 e. The monoisotopic (exact) mass is 626 g/mol. The van der Waals surface area contributed by atoms with Gasteiger partial charge in [0.25, 0.3) is 11.8 Å². The fraction of sp³-hybridized carbons (Fsp3) is 0.481. The highest BCUT2D eigenvalue weighted by Crippen LogP contribution is 2.40. The molecule has 3 aromatic rings. The Bertz CT molecular complexity index is 1530. The molecule has 0 aliphatic carbocycles. The number of alkyl halides is 3. The van der Waals surface area contributed by atoms with E-state index >= 15 is 0 Å². The molecule has 226 valence electrons. The van der Waals surface area contributed by atoms with E-state index in [0.29, 0.717) is 5.56 Å². The van der Waals surface area contributed by atoms with Gasteiger partial charge in [0.05, 0.1) is 30.2 Å². The van der Waals surface area contributed by atoms with Crippen LogP contribution in [-0.4, -0.2) is 77.3 Å². The van der Waals surface area contributed by atoms with Crippen LogP contribution < -0.4 is 0 Å². The van der Waals surface area contributed by atoms with Crippen LogP contribution in [0.2, 0.25) is 23.3 Å². The fourth-order valence-corrected chi connectivity index (χ4v) is 6.53. The average molecular weight is 627 g/mol. The molecule has 3 amide bonds. The number of ether oxygens (including phenoxy) is 1. The van der Waals surface area contributed by atoms with Crippen LogP contribution in [0.4, 0.5) is 18.0 Å². The van der Waals surface area contributed by atoms with E-state index in [1.807, 2.05) is 33.9 Å². The molecule has 15 heteroatoms. The number of likely N-dealkylation sites (tertiary alicyclic amines) is 1. The third-order valence-electron chi connectivity index (χ3n) is 8.20. The number of imide groups is 1. The van der Waals surface area contributed by atoms with Gasteiger partial charge in [-0.25, -0.2) is 14.7 Å². The van der Waals surface area contributed by atoms with Crippen molar-refractivity contribution in [3.63, 3.8) is 0 Å². The van der Waals surface area contributed by atoms with Gasteiger partial charge in [-0.05, 0) is 36.7 Å². The van der Waals surface area contributed by atoms with E-state index in [-0.39, 0.29) is 47.6 Å². The summed E-state index contributed by atoms with van der Waals surface area (Å²) >= 11 is 6.52. The molecule has 2 saturated heterocycles. The van der Waals surface area contributed by atoms with E-state index in [1.54, 1.807) is 0 Å². The Morgan fingerprint density at radius 1 is 1.19 bits per heavy atom. The number of nitrogens with zero attached hydrogens (tertiary/aromatic N) is 4. The molecule has 10 nitrogen and oxygen atoms in total. The Balaban J connectivity index is 1.51. The lowest BCUT2D eigenvalue weighted by Gasteiger charge is -2.46. The number of rotatable bonds is 5. The number of pyridine rings is 1. The molecule has 2 aliphatic rings. The largest absolute Gasteiger partial charge is 0.472 e. The molecular weight excluding hydrogens is 597 g/mol. The molecule has 2 fully saturated rings. The van der Waals surface area contributed by atoms with Crippen molar-refractivity contribution >= 4 is 43.5 Å². The van der Waals surface area contributed by atoms with E-state index in [2.05, 4.69) is 4.98 Å². The van der Waals surface area contributed by atoms with Gasteiger partial charge in [0, 0.05) is 30.4 Å². The first-order chi connectivity index (χ1) is 19.5. The van der Waals surface area contributed by atoms with Gasteiger partial charge in [-0.3, -0.25) is 14.0 Å². The number of imidazole rings is 1. The van der Waals surface area contributed by atoms with Gasteiger partial charge >= 0.3 is 12.3 Å². The maximum absolute atomic E-state index is 14.1. The zero-order valence-corrected chi connectivity index (χ0v) is 25.4. The highest BCUT2D eigenvalue weighted by Gasteiger charge is 2.49. The predicted octanol–water partition coefficient (Wildman–Crippen LogP) is 5.85. The molecule has 2 aliphatic heterocycles. The number of hydrogen-bond donors (Lipinski definition) is 0. The lowest BCUT2D eigenvalue weighted by atomic mass is 10.00. The number of amides is 3. The maximum Gasteiger partial charge on any atom is 0.420 e. The molecule has 0 unspecified atom stereocenters. The van der Waals surface area contributed by atoms with Gasteiger partial charge < -0.3 is 18.5 Å². The van der Waals surface area contributed by atoms with Gasteiger partial charge in [0.1, 0.15) is 5.15 Å². The number of aromatic nitrogens is 2. The quantitative estimate of drug-likeness (QED) is 0.327. The molecule has 0 bridgehead atoms. The Morgan fingerprint density at radius 3 is 2.48 bits per heavy atom. The van der Waals surface area contributed by atoms with E-state index in [0.717, 1.165) is 15.4 Å². The van der Waals surface area contributed by atoms with Crippen molar-refractivity contribution < 1.29 is 41.1 Å². The molecule has 0 aromatic carbocycles. The van der Waals surface area contributed by atoms with Crippen LogP contribution in [0, 0.1) is 0 Å². The number of piperidine rings is 1. The van der Waals surface area contributed by atoms with E-state index in [9.17, 15) is 27.6 Å². The highest BCUT2D eigenvalue weighted by atomic mass is 35.5. The summed E-state index contributed by atoms with van der Waals surface area (Å²) < 4.78 is 59.9. The second-order valence-corrected chi connectivity index (χ2v) is 17.1. The summed E-state index contributed by atoms with van der Waals surface area (Å²) in [7, 11) is -2.48. The Hall–Kier alpha value is -3.36. The standard InChI is InChI=1S/C27H30ClF3N4O6Si/c1-26(2,3)42(4,5)41-19-12-33(8-6-18(19)35-20(36)14-40-25(35)38)24(37)21-22(28)34-11-16(15-7-9-39-13-15)10-17(23(34)32-21)27(29,30)31/h7,9-11,13,18-19H,6,8,12,14H2,1-5H3/t18-,19-/m0/s1. The second-order valence-electron chi connectivity index (χ2n) is 11.9. The van der Waals surface area contributed by atoms with Crippen LogP contribution in [0.25, 0.3) is 16.8 Å². The summed E-state index contributed by atoms with van der Waals surface area (Å²) in [6.45, 7) is 9.77. The third kappa shape index (κ3) is 5.31. The molecule has 5 heterocycles. The first-order valence-electron chi connectivity index (χ1n) is 13.3. The lowest BCUT2D eigenvalue weighted by molar-refractivity contribution is -0.136. The van der Waals surface area contributed by atoms with Gasteiger partial charge in [-0.15, -0.1) is 0 Å². The Morgan fingerprint density at radius 2 is 1.90 bits per heavy atom. The fourth-order valence-electron chi connectivity index (χ4n) is 4.94. The SMILES string of the molecule is CC(C)(C)[Si](C)(C)O[C@H]1CN(C(=O)c2nc3c(C(F)(F)F)cc(-c4ccoc4)cn3c2Cl)CC[C@@H]1N1C(=O)COC1=O. The van der Waals surface area contributed by atoms with Crippen LogP contribution in [0.3, 0.4) is 0 Å². The van der Waals surface area contributed by atoms with Gasteiger partial charge in [0.2, 0.25) is 0 Å². The lowest BCUT2D eigenvalue weighted by Crippen LogP contribution is -2.60. The highest BCUT2D eigenvalue weighted by molar-refractivity contribution is 6.74. The van der Waals surface area contributed by atoms with Crippen LogP contribution in [-0.2, 0) is 20.1 Å². The zero-order valence-electron chi connectivity index (χ0n) is 23.6. The Labute approximate surface area is 245 Å². The molecule has 5 rings (SSSR count). The number of carbonyl (C=O) groups excluding carboxylic acids is 3. The first-order valence-corrected chi connectivity index (χ1v) is 16.6. The van der Waals surface area contributed by atoms with Gasteiger partial charge in [-0.1, -0.05) is 32.4 Å². The van der Waals surface area contributed by atoms with Gasteiger partial charge in [0.15, 0.2) is 26.3 Å². The molecule has 0 saturated carbocycles. The molecular formula is C27H30ClF3N4O6Si. The van der Waals surface area contributed by atoms with Crippen molar-refractivity contribution in [1.29, 1.82) is 0 Å². The summed E-state index contributed by atoms with van der Waals surface area (Å²) in [5.41, 5.74) is -1.37. The third-order valence-corrected chi connectivity index (χ3v) is 13.1. The van der Waals surface area contributed by atoms with Crippen molar-refractivity contribution in [1.82, 2.24) is 19.2 Å². The van der Waals surface area contributed by atoms with Crippen LogP contribution in [0.1, 0.15) is 43.2 Å². The predicted molar refractivity (Wildman–Crippen MR) is 147 cm³/mol. The normalized spacial score (nSPS) is 20.5. The summed E-state index contributed by atoms with van der Waals surface area (Å²) in [5.74, 6) is -1.19. The Kier molecular flexibility index (Phi) is 7.47. The minimum atomic E-state index is -4.78. The smallest absolute Gasteiger partial charge is 0.420 e. The summed E-state index contributed by atoms with van der Waals surface area (Å²) in [4.78, 5) is 45.2. The molecule has 3 aromatic heterocycles. The maximum atomic E-state index is 14.1. The minimum absolute atomic E-state index is 0.0380. The van der Waals surface area contributed by atoms with E-state index < -0.39 is 55.8 Å². The number of carbonyl (C=O) groups is 3. The van der Waals surface area contributed by atoms with Crippen LogP contribution >= 0.6 is 11.6 Å². The molecule has 0 spiro atoms. The summed E-state index contributed by atoms with van der Waals surface area (Å²) in [6, 6.07) is 1.75. The number of cyclic esters (lactones) is 1. The first kappa shape index (κ1) is 30.1. The van der Waals surface area contributed by atoms with E-state index in [4.69, 9.17) is 25.2 Å². The number of fused-ring (bicyclic) bond motifs is 1.